The summed E-state index contributed by atoms with van der Waals surface area (Å²) in [6.07, 6.45) is 3.30. The Hall–Kier alpha value is -0.990. The molecule has 1 aromatic carbocycles. The summed E-state index contributed by atoms with van der Waals surface area (Å²) in [7, 11) is 0. The molecule has 2 aliphatic rings. The summed E-state index contributed by atoms with van der Waals surface area (Å²) in [5.74, 6) is 1.12. The highest BCUT2D eigenvalue weighted by Crippen LogP contribution is 2.45. The normalized spacial score (nSPS) is 35.1. The zero-order valence-electron chi connectivity index (χ0n) is 10.5. The Bertz CT molecular complexity index is 468. The van der Waals surface area contributed by atoms with E-state index in [1.165, 1.54) is 5.56 Å². The van der Waals surface area contributed by atoms with Crippen molar-refractivity contribution in [3.05, 3.63) is 47.1 Å². The molecule has 1 aromatic rings. The Labute approximate surface area is 113 Å². The topological polar surface area (TPSA) is 38.0 Å². The van der Waals surface area contributed by atoms with Gasteiger partial charge in [-0.1, -0.05) is 30.3 Å². The van der Waals surface area contributed by atoms with E-state index in [4.69, 9.17) is 17.3 Å². The molecule has 3 N–H and O–H groups in total. The van der Waals surface area contributed by atoms with Gasteiger partial charge in [0.25, 0.3) is 0 Å². The largest absolute Gasteiger partial charge is 0.387 e. The second kappa shape index (κ2) is 4.29. The van der Waals surface area contributed by atoms with Crippen LogP contribution in [-0.2, 0) is 0 Å². The van der Waals surface area contributed by atoms with Crippen molar-refractivity contribution in [3.63, 3.8) is 0 Å². The van der Waals surface area contributed by atoms with Crippen molar-refractivity contribution in [3.8, 4) is 0 Å². The van der Waals surface area contributed by atoms with Gasteiger partial charge in [-0.2, -0.15) is 0 Å². The van der Waals surface area contributed by atoms with Crippen LogP contribution in [0.3, 0.4) is 0 Å². The minimum atomic E-state index is -0.178. The number of rotatable bonds is 1. The van der Waals surface area contributed by atoms with E-state index in [1.54, 1.807) is 0 Å². The fourth-order valence-electron chi connectivity index (χ4n) is 3.40. The Kier molecular flexibility index (Phi) is 2.87. The van der Waals surface area contributed by atoms with Crippen LogP contribution >= 0.6 is 11.6 Å². The van der Waals surface area contributed by atoms with Gasteiger partial charge >= 0.3 is 0 Å². The summed E-state index contributed by atoms with van der Waals surface area (Å²) >= 11 is 5.94. The highest BCUT2D eigenvalue weighted by molar-refractivity contribution is 6.30. The molecular weight excluding hydrogens is 244 g/mol. The molecule has 0 amide bonds. The van der Waals surface area contributed by atoms with Gasteiger partial charge in [0.15, 0.2) is 0 Å². The number of hydrogen-bond donors (Lipinski definition) is 2. The first-order chi connectivity index (χ1) is 8.59. The van der Waals surface area contributed by atoms with Gasteiger partial charge in [0.2, 0.25) is 0 Å². The number of benzene rings is 1. The van der Waals surface area contributed by atoms with E-state index < -0.39 is 0 Å². The average Bonchev–Trinajstić information content (AvgIpc) is 2.66. The Morgan fingerprint density at radius 3 is 2.78 bits per heavy atom. The molecule has 0 radical (unpaired) electrons. The molecule has 1 aliphatic heterocycles. The minimum Gasteiger partial charge on any atom is -0.387 e. The van der Waals surface area contributed by atoms with E-state index in [0.717, 1.165) is 36.5 Å². The van der Waals surface area contributed by atoms with Crippen LogP contribution in [0.4, 0.5) is 0 Å². The molecule has 0 spiro atoms. The first-order valence-electron chi connectivity index (χ1n) is 6.57. The predicted molar refractivity (Wildman–Crippen MR) is 75.6 cm³/mol. The van der Waals surface area contributed by atoms with Crippen LogP contribution in [0.2, 0.25) is 5.02 Å². The van der Waals surface area contributed by atoms with Crippen LogP contribution in [0.1, 0.15) is 30.7 Å². The van der Waals surface area contributed by atoms with Crippen molar-refractivity contribution in [2.24, 2.45) is 11.7 Å². The molecule has 3 unspecified atom stereocenters. The molecule has 3 heteroatoms. The Morgan fingerprint density at radius 2 is 2.06 bits per heavy atom. The fraction of sp³-hybridized carbons (Fsp3) is 0.467. The zero-order valence-corrected chi connectivity index (χ0v) is 11.2. The van der Waals surface area contributed by atoms with Gasteiger partial charge in [0, 0.05) is 23.2 Å². The summed E-state index contributed by atoms with van der Waals surface area (Å²) in [5.41, 5.74) is 8.73. The molecule has 3 atom stereocenters. The number of halogens is 1. The summed E-state index contributed by atoms with van der Waals surface area (Å²) in [5, 5.41) is 4.15. The summed E-state index contributed by atoms with van der Waals surface area (Å²) in [6, 6.07) is 8.25. The Balaban J connectivity index is 1.79. The van der Waals surface area contributed by atoms with Crippen LogP contribution in [0.25, 0.3) is 0 Å². The molecule has 96 valence electrons. The van der Waals surface area contributed by atoms with Gasteiger partial charge in [-0.25, -0.2) is 0 Å². The van der Waals surface area contributed by atoms with E-state index in [0.29, 0.717) is 11.8 Å². The number of hydrogen-bond acceptors (Lipinski definition) is 2. The van der Waals surface area contributed by atoms with Crippen molar-refractivity contribution in [2.75, 3.05) is 6.54 Å². The van der Waals surface area contributed by atoms with Gasteiger partial charge in [-0.15, -0.1) is 0 Å². The van der Waals surface area contributed by atoms with Gasteiger partial charge < -0.3 is 11.1 Å². The molecule has 0 aromatic heterocycles. The SMILES string of the molecule is C=C1NCC2CC(c3ccc(Cl)cc3)CCC12N. The molecule has 0 bridgehead atoms. The maximum Gasteiger partial charge on any atom is 0.0597 e. The van der Waals surface area contributed by atoms with E-state index in [-0.39, 0.29) is 5.54 Å². The lowest BCUT2D eigenvalue weighted by atomic mass is 9.68. The monoisotopic (exact) mass is 262 g/mol. The second-order valence-electron chi connectivity index (χ2n) is 5.62. The van der Waals surface area contributed by atoms with Gasteiger partial charge in [-0.3, -0.25) is 0 Å². The third-order valence-electron chi connectivity index (χ3n) is 4.67. The minimum absolute atomic E-state index is 0.178. The molecule has 1 heterocycles. The van der Waals surface area contributed by atoms with Gasteiger partial charge in [0.1, 0.15) is 0 Å². The third kappa shape index (κ3) is 1.84. The number of fused-ring (bicyclic) bond motifs is 1. The van der Waals surface area contributed by atoms with Crippen molar-refractivity contribution in [1.82, 2.24) is 5.32 Å². The maximum atomic E-state index is 6.49. The lowest BCUT2D eigenvalue weighted by Gasteiger charge is -2.39. The number of nitrogens with two attached hydrogens (primary N) is 1. The molecule has 1 aliphatic carbocycles. The summed E-state index contributed by atoms with van der Waals surface area (Å²) < 4.78 is 0. The number of nitrogens with one attached hydrogen (secondary N) is 1. The van der Waals surface area contributed by atoms with Crippen molar-refractivity contribution in [2.45, 2.75) is 30.7 Å². The fourth-order valence-corrected chi connectivity index (χ4v) is 3.53. The molecule has 18 heavy (non-hydrogen) atoms. The maximum absolute atomic E-state index is 6.49. The van der Waals surface area contributed by atoms with E-state index in [9.17, 15) is 0 Å². The van der Waals surface area contributed by atoms with Gasteiger partial charge in [0.05, 0.1) is 5.54 Å². The van der Waals surface area contributed by atoms with Crippen molar-refractivity contribution < 1.29 is 0 Å². The van der Waals surface area contributed by atoms with Crippen molar-refractivity contribution in [1.29, 1.82) is 0 Å². The standard InChI is InChI=1S/C15H19ClN2/c1-10-15(17)7-6-12(8-13(15)9-18-10)11-2-4-14(16)5-3-11/h2-5,12-13,18H,1,6-9,17H2. The first-order valence-corrected chi connectivity index (χ1v) is 6.95. The van der Waals surface area contributed by atoms with E-state index in [1.807, 2.05) is 12.1 Å². The highest BCUT2D eigenvalue weighted by atomic mass is 35.5. The van der Waals surface area contributed by atoms with Crippen LogP contribution in [-0.4, -0.2) is 12.1 Å². The summed E-state index contributed by atoms with van der Waals surface area (Å²) in [6.45, 7) is 5.04. The average molecular weight is 263 g/mol. The predicted octanol–water partition coefficient (Wildman–Crippen LogP) is 3.04. The molecule has 1 saturated heterocycles. The molecule has 2 nitrogen and oxygen atoms in total. The van der Waals surface area contributed by atoms with Crippen LogP contribution in [0, 0.1) is 5.92 Å². The van der Waals surface area contributed by atoms with Crippen LogP contribution < -0.4 is 11.1 Å². The molecule has 3 rings (SSSR count). The van der Waals surface area contributed by atoms with Crippen LogP contribution in [0.15, 0.2) is 36.5 Å². The smallest absolute Gasteiger partial charge is 0.0597 e. The molecule has 2 fully saturated rings. The lowest BCUT2D eigenvalue weighted by molar-refractivity contribution is 0.242. The first kappa shape index (κ1) is 12.1. The van der Waals surface area contributed by atoms with E-state index in [2.05, 4.69) is 24.0 Å². The third-order valence-corrected chi connectivity index (χ3v) is 4.92. The Morgan fingerprint density at radius 1 is 1.33 bits per heavy atom. The van der Waals surface area contributed by atoms with Gasteiger partial charge in [-0.05, 0) is 42.9 Å². The molecular formula is C15H19ClN2. The van der Waals surface area contributed by atoms with Crippen LogP contribution in [0.5, 0.6) is 0 Å². The second-order valence-corrected chi connectivity index (χ2v) is 6.06. The zero-order chi connectivity index (χ0) is 12.8. The van der Waals surface area contributed by atoms with Crippen molar-refractivity contribution >= 4 is 11.6 Å². The molecule has 1 saturated carbocycles. The van der Waals surface area contributed by atoms with E-state index >= 15 is 0 Å². The quantitative estimate of drug-likeness (QED) is 0.816. The lowest BCUT2D eigenvalue weighted by Crippen LogP contribution is -2.48. The highest BCUT2D eigenvalue weighted by Gasteiger charge is 2.46. The summed E-state index contributed by atoms with van der Waals surface area (Å²) in [4.78, 5) is 0.